The summed E-state index contributed by atoms with van der Waals surface area (Å²) in [5.74, 6) is 0.480. The molecule has 0 radical (unpaired) electrons. The molecule has 0 aliphatic rings. The molecule has 1 aromatic heterocycles. The summed E-state index contributed by atoms with van der Waals surface area (Å²) in [5, 5.41) is 40.3. The van der Waals surface area contributed by atoms with E-state index >= 15 is 0 Å². The molecule has 0 fully saturated rings. The van der Waals surface area contributed by atoms with Crippen molar-refractivity contribution in [3.8, 4) is 0 Å². The molecule has 0 aliphatic heterocycles. The second-order valence-electron chi connectivity index (χ2n) is 3.71. The van der Waals surface area contributed by atoms with Gasteiger partial charge >= 0.3 is 0 Å². The Morgan fingerprint density at radius 2 is 1.84 bits per heavy atom. The molecule has 1 heterocycles. The number of nitrogens with zero attached hydrogens (tertiary/aromatic N) is 1. The van der Waals surface area contributed by atoms with Crippen LogP contribution in [-0.2, 0) is 0 Å². The lowest BCUT2D eigenvalue weighted by Crippen LogP contribution is -3.00. The Morgan fingerprint density at radius 3 is 2.42 bits per heavy atom. The molecule has 8 heteroatoms. The molecule has 100 valence electrons. The van der Waals surface area contributed by atoms with Gasteiger partial charge in [0.15, 0.2) is 11.4 Å². The third-order valence-electron chi connectivity index (χ3n) is 2.42. The van der Waals surface area contributed by atoms with Crippen molar-refractivity contribution in [2.45, 2.75) is 0 Å². The summed E-state index contributed by atoms with van der Waals surface area (Å²) in [5.41, 5.74) is 0.0886. The highest BCUT2D eigenvalue weighted by Crippen LogP contribution is 2.23. The zero-order chi connectivity index (χ0) is 13.8. The van der Waals surface area contributed by atoms with E-state index in [4.69, 9.17) is 10.4 Å². The molecule has 5 N–H and O–H groups in total. The Balaban J connectivity index is 2.34. The molecule has 2 rings (SSSR count). The van der Waals surface area contributed by atoms with Crippen molar-refractivity contribution in [3.63, 3.8) is 0 Å². The lowest BCUT2D eigenvalue weighted by Gasteiger charge is -2.18. The van der Waals surface area contributed by atoms with E-state index in [1.165, 1.54) is 12.1 Å². The van der Waals surface area contributed by atoms with Crippen molar-refractivity contribution >= 4 is 22.9 Å². The van der Waals surface area contributed by atoms with Gasteiger partial charge in [0.1, 0.15) is 11.5 Å². The molecule has 8 nitrogen and oxygen atoms in total. The highest BCUT2D eigenvalue weighted by Gasteiger charge is 2.13. The van der Waals surface area contributed by atoms with Crippen molar-refractivity contribution < 1.29 is 20.9 Å². The number of pyridine rings is 1. The summed E-state index contributed by atoms with van der Waals surface area (Å²) in [7, 11) is 0. The van der Waals surface area contributed by atoms with Gasteiger partial charge in [-0.2, -0.15) is 10.5 Å². The molecule has 2 unspecified atom stereocenters. The molecule has 0 amide bonds. The Labute approximate surface area is 108 Å². The van der Waals surface area contributed by atoms with Crippen molar-refractivity contribution in [1.82, 2.24) is 4.98 Å². The first-order valence-corrected chi connectivity index (χ1v) is 5.36. The standard InChI is InChI=1S/C11H12N4O4/c16-14(17)8-4-5-9(10(7-8)15(18)19)13-11-3-1-2-6-12-11/h1-7,14-16,18H,(H,12,13). The lowest BCUT2D eigenvalue weighted by molar-refractivity contribution is -0.996. The normalized spacial score (nSPS) is 13.9. The van der Waals surface area contributed by atoms with Gasteiger partial charge in [0.25, 0.3) is 0 Å². The molecule has 0 spiro atoms. The third-order valence-corrected chi connectivity index (χ3v) is 2.42. The van der Waals surface area contributed by atoms with E-state index in [9.17, 15) is 10.4 Å². The van der Waals surface area contributed by atoms with Crippen LogP contribution in [-0.4, -0.2) is 15.4 Å². The van der Waals surface area contributed by atoms with Crippen LogP contribution in [0.3, 0.4) is 0 Å². The molecule has 0 saturated carbocycles. The predicted octanol–water partition coefficient (Wildman–Crippen LogP) is -0.368. The number of anilines is 2. The van der Waals surface area contributed by atoms with E-state index in [1.807, 2.05) is 0 Å². The highest BCUT2D eigenvalue weighted by atomic mass is 16.8. The van der Waals surface area contributed by atoms with Crippen LogP contribution in [0.5, 0.6) is 0 Å². The lowest BCUT2D eigenvalue weighted by atomic mass is 10.2. The van der Waals surface area contributed by atoms with Gasteiger partial charge < -0.3 is 15.7 Å². The molecule has 0 aliphatic carbocycles. The smallest absolute Gasteiger partial charge is 0.193 e. The second-order valence-corrected chi connectivity index (χ2v) is 3.71. The largest absolute Gasteiger partial charge is 0.595 e. The molecule has 19 heavy (non-hydrogen) atoms. The monoisotopic (exact) mass is 264 g/mol. The zero-order valence-electron chi connectivity index (χ0n) is 9.70. The van der Waals surface area contributed by atoms with E-state index in [-0.39, 0.29) is 17.1 Å². The number of rotatable bonds is 4. The quantitative estimate of drug-likeness (QED) is 0.481. The third kappa shape index (κ3) is 3.23. The predicted molar refractivity (Wildman–Crippen MR) is 65.5 cm³/mol. The molecular formula is C11H12N4O4. The highest BCUT2D eigenvalue weighted by molar-refractivity contribution is 5.69. The van der Waals surface area contributed by atoms with Crippen molar-refractivity contribution in [3.05, 3.63) is 53.0 Å². The number of benzene rings is 1. The first-order chi connectivity index (χ1) is 9.08. The Hall–Kier alpha value is -2.07. The van der Waals surface area contributed by atoms with Crippen LogP contribution in [0.1, 0.15) is 0 Å². The van der Waals surface area contributed by atoms with Crippen LogP contribution in [0.25, 0.3) is 0 Å². The maximum Gasteiger partial charge on any atom is 0.193 e. The number of quaternary nitrogens is 2. The first-order valence-electron chi connectivity index (χ1n) is 5.36. The number of aromatic nitrogens is 1. The van der Waals surface area contributed by atoms with E-state index < -0.39 is 10.5 Å². The Kier molecular flexibility index (Phi) is 4.02. The average molecular weight is 264 g/mol. The number of hydrogen-bond donors (Lipinski definition) is 5. The molecule has 0 bridgehead atoms. The first kappa shape index (κ1) is 13.4. The minimum absolute atomic E-state index is 0.0797. The maximum atomic E-state index is 11.1. The van der Waals surface area contributed by atoms with E-state index in [0.29, 0.717) is 5.82 Å². The van der Waals surface area contributed by atoms with E-state index in [1.54, 1.807) is 24.4 Å². The minimum Gasteiger partial charge on any atom is -0.595 e. The molecular weight excluding hydrogens is 252 g/mol. The topological polar surface area (TPSA) is 120 Å². The van der Waals surface area contributed by atoms with E-state index in [0.717, 1.165) is 6.07 Å². The summed E-state index contributed by atoms with van der Waals surface area (Å²) < 4.78 is 0. The van der Waals surface area contributed by atoms with Crippen LogP contribution in [0.2, 0.25) is 0 Å². The van der Waals surface area contributed by atoms with Crippen molar-refractivity contribution in [1.29, 1.82) is 0 Å². The van der Waals surface area contributed by atoms with Gasteiger partial charge in [0, 0.05) is 12.3 Å². The Morgan fingerprint density at radius 1 is 1.05 bits per heavy atom. The molecule has 2 atom stereocenters. The number of nitrogens with one attached hydrogen (secondary N) is 3. The fraction of sp³-hybridized carbons (Fsp3) is 0. The summed E-state index contributed by atoms with van der Waals surface area (Å²) in [4.78, 5) is 4.01. The van der Waals surface area contributed by atoms with Crippen LogP contribution < -0.4 is 15.8 Å². The average Bonchev–Trinajstić information content (AvgIpc) is 2.39. The fourth-order valence-corrected chi connectivity index (χ4v) is 1.54. The van der Waals surface area contributed by atoms with Gasteiger partial charge in [-0.05, 0) is 18.2 Å². The summed E-state index contributed by atoms with van der Waals surface area (Å²) in [6, 6.07) is 9.01. The van der Waals surface area contributed by atoms with Gasteiger partial charge in [0.05, 0.1) is 6.07 Å². The van der Waals surface area contributed by atoms with Gasteiger partial charge in [-0.15, -0.1) is 0 Å². The zero-order valence-corrected chi connectivity index (χ0v) is 9.70. The van der Waals surface area contributed by atoms with Gasteiger partial charge in [0.2, 0.25) is 0 Å². The summed E-state index contributed by atoms with van der Waals surface area (Å²) in [6.07, 6.45) is 1.56. The molecule has 2 aromatic rings. The molecule has 0 saturated heterocycles. The van der Waals surface area contributed by atoms with Gasteiger partial charge in [-0.1, -0.05) is 6.07 Å². The van der Waals surface area contributed by atoms with Gasteiger partial charge in [-0.3, -0.25) is 0 Å². The Bertz CT molecular complexity index is 548. The second kappa shape index (κ2) is 5.71. The maximum absolute atomic E-state index is 11.1. The van der Waals surface area contributed by atoms with Crippen LogP contribution >= 0.6 is 0 Å². The van der Waals surface area contributed by atoms with Crippen LogP contribution in [0, 0.1) is 10.4 Å². The van der Waals surface area contributed by atoms with E-state index in [2.05, 4.69) is 10.3 Å². The summed E-state index contributed by atoms with van der Waals surface area (Å²) >= 11 is 0. The van der Waals surface area contributed by atoms with Crippen molar-refractivity contribution in [2.24, 2.45) is 0 Å². The SMILES string of the molecule is [O-][NH+](O)c1ccc(Nc2ccccn2)c([NH+]([O-])O)c1. The van der Waals surface area contributed by atoms with Gasteiger partial charge in [-0.25, -0.2) is 15.4 Å². The van der Waals surface area contributed by atoms with Crippen molar-refractivity contribution in [2.75, 3.05) is 5.32 Å². The molecule has 1 aromatic carbocycles. The van der Waals surface area contributed by atoms with Crippen LogP contribution in [0.15, 0.2) is 42.6 Å². The number of hydrogen-bond acceptors (Lipinski definition) is 6. The minimum atomic E-state index is -1.21. The summed E-state index contributed by atoms with van der Waals surface area (Å²) in [6.45, 7) is 0. The fourth-order valence-electron chi connectivity index (χ4n) is 1.54. The van der Waals surface area contributed by atoms with Crippen LogP contribution in [0.4, 0.5) is 22.9 Å².